The number of hydrogen-bond acceptors (Lipinski definition) is 7. The number of hydrogen-bond donors (Lipinski definition) is 0. The van der Waals surface area contributed by atoms with Crippen LogP contribution in [0.3, 0.4) is 0 Å². The van der Waals surface area contributed by atoms with Crippen LogP contribution in [0.4, 0.5) is 4.79 Å². The zero-order valence-corrected chi connectivity index (χ0v) is 29.2. The van der Waals surface area contributed by atoms with Gasteiger partial charge in [-0.15, -0.1) is 0 Å². The molecule has 2 atom stereocenters. The predicted octanol–water partition coefficient (Wildman–Crippen LogP) is 9.97. The van der Waals surface area contributed by atoms with E-state index in [1.165, 1.54) is 69.1 Å². The second-order valence-corrected chi connectivity index (χ2v) is 13.7. The first-order valence-corrected chi connectivity index (χ1v) is 18.0. The van der Waals surface area contributed by atoms with Crippen molar-refractivity contribution >= 4 is 18.0 Å². The van der Waals surface area contributed by atoms with Crippen molar-refractivity contribution in [1.82, 2.24) is 4.90 Å². The highest BCUT2D eigenvalue weighted by Gasteiger charge is 2.42. The molecule has 1 heterocycles. The van der Waals surface area contributed by atoms with E-state index < -0.39 is 29.7 Å². The van der Waals surface area contributed by atoms with Gasteiger partial charge in [0.25, 0.3) is 0 Å². The first-order valence-electron chi connectivity index (χ1n) is 18.0. The lowest BCUT2D eigenvalue weighted by atomic mass is 10.0. The topological polar surface area (TPSA) is 131 Å². The molecule has 0 spiro atoms. The van der Waals surface area contributed by atoms with Crippen LogP contribution in [0, 0.1) is 0 Å². The quantitative estimate of drug-likeness (QED) is 0.0245. The van der Waals surface area contributed by atoms with E-state index in [1.807, 2.05) is 0 Å². The molecule has 1 saturated heterocycles. The van der Waals surface area contributed by atoms with Gasteiger partial charge in [0.1, 0.15) is 17.7 Å². The number of likely N-dealkylation sites (tertiary alicyclic amines) is 1. The summed E-state index contributed by atoms with van der Waals surface area (Å²) >= 11 is 0. The summed E-state index contributed by atoms with van der Waals surface area (Å²) in [7, 11) is 0. The molecule has 0 aromatic heterocycles. The van der Waals surface area contributed by atoms with Gasteiger partial charge in [-0.05, 0) is 71.2 Å². The van der Waals surface area contributed by atoms with Crippen LogP contribution in [0.1, 0.15) is 169 Å². The van der Waals surface area contributed by atoms with Crippen molar-refractivity contribution in [3.63, 3.8) is 0 Å². The summed E-state index contributed by atoms with van der Waals surface area (Å²) in [5.41, 5.74) is 8.09. The van der Waals surface area contributed by atoms with Crippen LogP contribution < -0.4 is 0 Å². The van der Waals surface area contributed by atoms with Gasteiger partial charge in [0, 0.05) is 17.9 Å². The van der Waals surface area contributed by atoms with E-state index in [-0.39, 0.29) is 31.6 Å². The fourth-order valence-corrected chi connectivity index (χ4v) is 5.70. The number of rotatable bonds is 25. The fraction of sp³-hybridized carbons (Fsp3) is 0.914. The van der Waals surface area contributed by atoms with Crippen molar-refractivity contribution in [2.45, 2.75) is 193 Å². The molecule has 260 valence electrons. The minimum atomic E-state index is -0.827. The van der Waals surface area contributed by atoms with Gasteiger partial charge in [0.15, 0.2) is 0 Å². The van der Waals surface area contributed by atoms with Gasteiger partial charge in [-0.3, -0.25) is 9.69 Å². The molecule has 0 unspecified atom stereocenters. The lowest BCUT2D eigenvalue weighted by molar-refractivity contribution is -0.150. The van der Waals surface area contributed by atoms with Gasteiger partial charge >= 0.3 is 18.0 Å². The summed E-state index contributed by atoms with van der Waals surface area (Å²) < 4.78 is 16.8. The number of ether oxygens (including phenoxy) is 3. The highest BCUT2D eigenvalue weighted by molar-refractivity contribution is 5.82. The molecule has 0 N–H and O–H groups in total. The van der Waals surface area contributed by atoms with Crippen LogP contribution in [0.15, 0.2) is 5.11 Å². The summed E-state index contributed by atoms with van der Waals surface area (Å²) in [6.45, 7) is 10.1. The highest BCUT2D eigenvalue weighted by Crippen LogP contribution is 2.25. The van der Waals surface area contributed by atoms with Crippen LogP contribution in [0.25, 0.3) is 10.4 Å². The van der Waals surface area contributed by atoms with Crippen molar-refractivity contribution < 1.29 is 28.6 Å². The minimum Gasteiger partial charge on any atom is -0.464 e. The number of carbonyl (C=O) groups is 3. The number of azide groups is 1. The first kappa shape index (κ1) is 40.5. The van der Waals surface area contributed by atoms with Gasteiger partial charge in [0.2, 0.25) is 0 Å². The number of nitrogens with zero attached hydrogens (tertiary/aromatic N) is 4. The van der Waals surface area contributed by atoms with Crippen molar-refractivity contribution in [2.24, 2.45) is 5.11 Å². The SMILES string of the molecule is CCCCCCCCC(CCCCCCCC)OC(=O)CCCCCCCOC(=O)[C@@H]1C[C@H](N=[N+]=[N-])CN1C(=O)OC(C)(C)C. The first-order chi connectivity index (χ1) is 21.6. The van der Waals surface area contributed by atoms with Gasteiger partial charge in [-0.25, -0.2) is 9.59 Å². The molecule has 1 amide bonds. The van der Waals surface area contributed by atoms with E-state index in [1.54, 1.807) is 20.8 Å². The molecule has 0 aromatic rings. The molecular weight excluding hydrogens is 572 g/mol. The van der Waals surface area contributed by atoms with E-state index in [0.29, 0.717) is 12.8 Å². The summed E-state index contributed by atoms with van der Waals surface area (Å²) in [4.78, 5) is 42.1. The maximum Gasteiger partial charge on any atom is 0.411 e. The number of unbranched alkanes of at least 4 members (excludes halogenated alkanes) is 14. The van der Waals surface area contributed by atoms with Gasteiger partial charge < -0.3 is 14.2 Å². The van der Waals surface area contributed by atoms with Gasteiger partial charge in [-0.2, -0.15) is 0 Å². The molecule has 1 fully saturated rings. The van der Waals surface area contributed by atoms with Gasteiger partial charge in [-0.1, -0.05) is 102 Å². The Morgan fingerprint density at radius 3 is 1.91 bits per heavy atom. The Bertz CT molecular complexity index is 855. The average Bonchev–Trinajstić information content (AvgIpc) is 3.41. The Labute approximate surface area is 273 Å². The van der Waals surface area contributed by atoms with E-state index in [0.717, 1.165) is 51.4 Å². The predicted molar refractivity (Wildman–Crippen MR) is 179 cm³/mol. The molecule has 1 rings (SSSR count). The normalized spacial score (nSPS) is 16.4. The van der Waals surface area contributed by atoms with E-state index >= 15 is 0 Å². The molecule has 45 heavy (non-hydrogen) atoms. The lowest BCUT2D eigenvalue weighted by Gasteiger charge is -2.27. The van der Waals surface area contributed by atoms with Crippen LogP contribution >= 0.6 is 0 Å². The molecule has 0 aromatic carbocycles. The van der Waals surface area contributed by atoms with Gasteiger partial charge in [0.05, 0.1) is 12.6 Å². The zero-order chi connectivity index (χ0) is 33.3. The van der Waals surface area contributed by atoms with Crippen molar-refractivity contribution in [3.05, 3.63) is 10.4 Å². The monoisotopic (exact) mass is 636 g/mol. The third-order valence-electron chi connectivity index (χ3n) is 8.22. The second kappa shape index (κ2) is 24.7. The molecule has 0 bridgehead atoms. The molecule has 10 heteroatoms. The molecule has 1 aliphatic rings. The average molecular weight is 637 g/mol. The minimum absolute atomic E-state index is 0.0534. The highest BCUT2D eigenvalue weighted by atomic mass is 16.6. The number of carbonyl (C=O) groups excluding carboxylic acids is 3. The van der Waals surface area contributed by atoms with Crippen LogP contribution in [-0.2, 0) is 23.8 Å². The van der Waals surface area contributed by atoms with Crippen molar-refractivity contribution in [1.29, 1.82) is 0 Å². The summed E-state index contributed by atoms with van der Waals surface area (Å²) in [5, 5.41) is 3.69. The molecule has 0 aliphatic carbocycles. The molecular formula is C35H64N4O6. The summed E-state index contributed by atoms with van der Waals surface area (Å²) in [6, 6.07) is -1.32. The maximum atomic E-state index is 12.8. The smallest absolute Gasteiger partial charge is 0.411 e. The fourth-order valence-electron chi connectivity index (χ4n) is 5.70. The Kier molecular flexibility index (Phi) is 22.3. The maximum absolute atomic E-state index is 12.8. The van der Waals surface area contributed by atoms with Crippen molar-refractivity contribution in [2.75, 3.05) is 13.2 Å². The molecule has 0 saturated carbocycles. The van der Waals surface area contributed by atoms with Crippen LogP contribution in [-0.4, -0.2) is 59.9 Å². The summed E-state index contributed by atoms with van der Waals surface area (Å²) in [6.07, 6.45) is 21.3. The molecule has 1 aliphatic heterocycles. The molecule has 10 nitrogen and oxygen atoms in total. The van der Waals surface area contributed by atoms with E-state index in [4.69, 9.17) is 19.7 Å². The molecule has 0 radical (unpaired) electrons. The summed E-state index contributed by atoms with van der Waals surface area (Å²) in [5.74, 6) is -0.577. The standard InChI is InChI=1S/C35H64N4O6/c1-6-8-10-12-15-19-23-30(24-20-16-13-11-9-7-2)44-32(40)25-21-17-14-18-22-26-43-33(41)31-27-29(37-38-36)28-39(31)34(42)45-35(3,4)5/h29-31H,6-28H2,1-5H3/t29-,31-/m0/s1. The third-order valence-corrected chi connectivity index (χ3v) is 8.22. The Hall–Kier alpha value is -2.48. The van der Waals surface area contributed by atoms with E-state index in [2.05, 4.69) is 23.9 Å². The Balaban J connectivity index is 2.31. The van der Waals surface area contributed by atoms with Crippen LogP contribution in [0.5, 0.6) is 0 Å². The number of esters is 2. The number of amides is 1. The third kappa shape index (κ3) is 20.3. The zero-order valence-electron chi connectivity index (χ0n) is 29.2. The van der Waals surface area contributed by atoms with Crippen LogP contribution in [0.2, 0.25) is 0 Å². The second-order valence-electron chi connectivity index (χ2n) is 13.7. The van der Waals surface area contributed by atoms with E-state index in [9.17, 15) is 14.4 Å². The Morgan fingerprint density at radius 2 is 1.36 bits per heavy atom. The lowest BCUT2D eigenvalue weighted by Crippen LogP contribution is -2.44. The largest absolute Gasteiger partial charge is 0.464 e. The van der Waals surface area contributed by atoms with Crippen molar-refractivity contribution in [3.8, 4) is 0 Å². The Morgan fingerprint density at radius 1 is 0.822 bits per heavy atom.